The number of anilines is 2. The second kappa shape index (κ2) is 9.66. The van der Waals surface area contributed by atoms with E-state index in [1.165, 1.54) is 7.11 Å². The van der Waals surface area contributed by atoms with Gasteiger partial charge in [0.1, 0.15) is 0 Å². The van der Waals surface area contributed by atoms with Crippen LogP contribution in [0.1, 0.15) is 35.8 Å². The van der Waals surface area contributed by atoms with Gasteiger partial charge in [0.25, 0.3) is 0 Å². The van der Waals surface area contributed by atoms with Crippen LogP contribution in [0.3, 0.4) is 0 Å². The second-order valence-corrected chi connectivity index (χ2v) is 10.0. The van der Waals surface area contributed by atoms with E-state index in [4.69, 9.17) is 15.2 Å². The van der Waals surface area contributed by atoms with Crippen LogP contribution in [-0.2, 0) is 11.8 Å². The number of aryl methyl sites for hydroxylation is 2. The molecule has 180 valence electrons. The summed E-state index contributed by atoms with van der Waals surface area (Å²) in [6.07, 6.45) is 3.77. The van der Waals surface area contributed by atoms with E-state index in [1.54, 1.807) is 23.0 Å². The van der Waals surface area contributed by atoms with Crippen molar-refractivity contribution in [1.29, 1.82) is 0 Å². The molecule has 34 heavy (non-hydrogen) atoms. The number of benzene rings is 1. The maximum atomic E-state index is 12.0. The Hall–Kier alpha value is -3.07. The number of nitrogens with two attached hydrogens (primary N) is 1. The van der Waals surface area contributed by atoms with Gasteiger partial charge in [-0.3, -0.25) is 4.98 Å². The minimum absolute atomic E-state index is 0.214. The van der Waals surface area contributed by atoms with Gasteiger partial charge in [-0.1, -0.05) is 22.9 Å². The van der Waals surface area contributed by atoms with Crippen LogP contribution < -0.4 is 15.8 Å². The molecule has 0 saturated heterocycles. The lowest BCUT2D eigenvalue weighted by Crippen LogP contribution is -2.13. The molecule has 3 N–H and O–H groups in total. The molecular weight excluding hydrogens is 498 g/mol. The smallest absolute Gasteiger partial charge is 0.337 e. The van der Waals surface area contributed by atoms with Crippen molar-refractivity contribution in [3.63, 3.8) is 0 Å². The van der Waals surface area contributed by atoms with Crippen molar-refractivity contribution >= 4 is 33.3 Å². The standard InChI is InChI=1S/C25H30BrN5O3/c1-15-9-16(24(32)33-4)10-21(30-15)19-14-29-31(3)23(19)34-8-7-25(2)12-17(25)13-28-22-11-18(26)5-6-20(22)27/h5-6,9-11,14,17,28H,7-8,12-13,27H2,1-4H3/t17-,25+/m0/s1. The molecule has 1 aliphatic carbocycles. The molecule has 1 aliphatic rings. The molecule has 2 atom stereocenters. The number of rotatable bonds is 9. The van der Waals surface area contributed by atoms with E-state index < -0.39 is 5.97 Å². The Bertz CT molecular complexity index is 1210. The first-order chi connectivity index (χ1) is 16.2. The molecule has 2 aromatic heterocycles. The van der Waals surface area contributed by atoms with Crippen molar-refractivity contribution in [2.75, 3.05) is 31.3 Å². The fourth-order valence-electron chi connectivity index (χ4n) is 4.24. The minimum atomic E-state index is -0.399. The van der Waals surface area contributed by atoms with Crippen molar-refractivity contribution in [3.8, 4) is 17.1 Å². The molecule has 0 radical (unpaired) electrons. The van der Waals surface area contributed by atoms with Gasteiger partial charge in [-0.05, 0) is 61.4 Å². The number of halogens is 1. The molecule has 3 aromatic rings. The van der Waals surface area contributed by atoms with E-state index in [9.17, 15) is 4.79 Å². The number of pyridine rings is 1. The van der Waals surface area contributed by atoms with Gasteiger partial charge in [0, 0.05) is 23.8 Å². The highest BCUT2D eigenvalue weighted by atomic mass is 79.9. The maximum absolute atomic E-state index is 12.0. The quantitative estimate of drug-likeness (QED) is 0.303. The van der Waals surface area contributed by atoms with E-state index in [2.05, 4.69) is 38.3 Å². The predicted octanol–water partition coefficient (Wildman–Crippen LogP) is 4.83. The van der Waals surface area contributed by atoms with E-state index in [-0.39, 0.29) is 5.41 Å². The highest BCUT2D eigenvalue weighted by Crippen LogP contribution is 2.54. The first-order valence-corrected chi connectivity index (χ1v) is 12.0. The number of nitrogen functional groups attached to an aromatic ring is 1. The number of nitrogens with one attached hydrogen (secondary N) is 1. The van der Waals surface area contributed by atoms with Crippen molar-refractivity contribution in [3.05, 3.63) is 52.3 Å². The van der Waals surface area contributed by atoms with Crippen LogP contribution in [-0.4, -0.2) is 41.0 Å². The largest absolute Gasteiger partial charge is 0.477 e. The van der Waals surface area contributed by atoms with Gasteiger partial charge in [0.05, 0.1) is 48.1 Å². The fraction of sp³-hybridized carbons (Fsp3) is 0.400. The number of hydrogen-bond donors (Lipinski definition) is 2. The van der Waals surface area contributed by atoms with Crippen molar-refractivity contribution in [1.82, 2.24) is 14.8 Å². The molecule has 0 unspecified atom stereocenters. The number of carbonyl (C=O) groups is 1. The summed E-state index contributed by atoms with van der Waals surface area (Å²) in [5.74, 6) is 0.792. The number of hydrogen-bond acceptors (Lipinski definition) is 7. The van der Waals surface area contributed by atoms with Gasteiger partial charge in [-0.25, -0.2) is 9.48 Å². The van der Waals surface area contributed by atoms with E-state index in [1.807, 2.05) is 32.2 Å². The van der Waals surface area contributed by atoms with Crippen LogP contribution in [0.15, 0.2) is 41.0 Å². The van der Waals surface area contributed by atoms with Crippen LogP contribution in [0, 0.1) is 18.3 Å². The number of aromatic nitrogens is 3. The molecule has 8 nitrogen and oxygen atoms in total. The number of nitrogens with zero attached hydrogens (tertiary/aromatic N) is 3. The van der Waals surface area contributed by atoms with E-state index in [0.717, 1.165) is 46.5 Å². The summed E-state index contributed by atoms with van der Waals surface area (Å²) in [6.45, 7) is 5.57. The summed E-state index contributed by atoms with van der Waals surface area (Å²) in [5, 5.41) is 7.83. The van der Waals surface area contributed by atoms with E-state index >= 15 is 0 Å². The molecule has 9 heteroatoms. The van der Waals surface area contributed by atoms with Gasteiger partial charge >= 0.3 is 5.97 Å². The summed E-state index contributed by atoms with van der Waals surface area (Å²) in [7, 11) is 3.20. The lowest BCUT2D eigenvalue weighted by atomic mass is 10.0. The van der Waals surface area contributed by atoms with Crippen molar-refractivity contribution < 1.29 is 14.3 Å². The Labute approximate surface area is 208 Å². The molecule has 4 rings (SSSR count). The zero-order valence-corrected chi connectivity index (χ0v) is 21.5. The van der Waals surface area contributed by atoms with Gasteiger partial charge in [-0.15, -0.1) is 0 Å². The Balaban J connectivity index is 1.37. The predicted molar refractivity (Wildman–Crippen MR) is 136 cm³/mol. The summed E-state index contributed by atoms with van der Waals surface area (Å²) >= 11 is 3.49. The average Bonchev–Trinajstić information content (AvgIpc) is 3.31. The number of esters is 1. The third kappa shape index (κ3) is 5.19. The van der Waals surface area contributed by atoms with Gasteiger partial charge in [-0.2, -0.15) is 5.10 Å². The highest BCUT2D eigenvalue weighted by Gasteiger charge is 2.49. The molecule has 1 aromatic carbocycles. The first-order valence-electron chi connectivity index (χ1n) is 11.2. The normalized spacial score (nSPS) is 19.0. The lowest BCUT2D eigenvalue weighted by molar-refractivity contribution is 0.0600. The topological polar surface area (TPSA) is 104 Å². The van der Waals surface area contributed by atoms with Crippen molar-refractivity contribution in [2.45, 2.75) is 26.7 Å². The van der Waals surface area contributed by atoms with Crippen LogP contribution in [0.25, 0.3) is 11.3 Å². The summed E-state index contributed by atoms with van der Waals surface area (Å²) < 4.78 is 13.8. The van der Waals surface area contributed by atoms with E-state index in [0.29, 0.717) is 29.7 Å². The summed E-state index contributed by atoms with van der Waals surface area (Å²) in [6, 6.07) is 9.26. The van der Waals surface area contributed by atoms with Crippen LogP contribution in [0.2, 0.25) is 0 Å². The number of carbonyl (C=O) groups excluding carboxylic acids is 1. The van der Waals surface area contributed by atoms with Gasteiger partial charge < -0.3 is 20.5 Å². The minimum Gasteiger partial charge on any atom is -0.477 e. The lowest BCUT2D eigenvalue weighted by Gasteiger charge is -2.15. The molecule has 0 bridgehead atoms. The molecule has 0 spiro atoms. The maximum Gasteiger partial charge on any atom is 0.337 e. The monoisotopic (exact) mass is 527 g/mol. The fourth-order valence-corrected chi connectivity index (χ4v) is 4.60. The van der Waals surface area contributed by atoms with Crippen molar-refractivity contribution in [2.24, 2.45) is 18.4 Å². The number of ether oxygens (including phenoxy) is 2. The molecule has 2 heterocycles. The SMILES string of the molecule is COC(=O)c1cc(C)nc(-c2cnn(C)c2OCC[C@]2(C)C[C@H]2CNc2cc(Br)ccc2N)c1. The first kappa shape index (κ1) is 24.1. The molecule has 1 saturated carbocycles. The molecule has 0 amide bonds. The Morgan fingerprint density at radius 1 is 1.35 bits per heavy atom. The zero-order chi connectivity index (χ0) is 24.5. The zero-order valence-electron chi connectivity index (χ0n) is 19.9. The average molecular weight is 528 g/mol. The molecular formula is C25H30BrN5O3. The Kier molecular flexibility index (Phi) is 6.84. The van der Waals surface area contributed by atoms with Crippen LogP contribution in [0.5, 0.6) is 5.88 Å². The number of methoxy groups -OCH3 is 1. The second-order valence-electron chi connectivity index (χ2n) is 9.13. The van der Waals surface area contributed by atoms with Crippen LogP contribution in [0.4, 0.5) is 11.4 Å². The van der Waals surface area contributed by atoms with Crippen LogP contribution >= 0.6 is 15.9 Å². The Morgan fingerprint density at radius 3 is 2.91 bits per heavy atom. The molecule has 0 aliphatic heterocycles. The highest BCUT2D eigenvalue weighted by molar-refractivity contribution is 9.10. The van der Waals surface area contributed by atoms with Gasteiger partial charge in [0.2, 0.25) is 5.88 Å². The third-order valence-electron chi connectivity index (χ3n) is 6.54. The molecule has 1 fully saturated rings. The summed E-state index contributed by atoms with van der Waals surface area (Å²) in [4.78, 5) is 16.6. The van der Waals surface area contributed by atoms with Gasteiger partial charge in [0.15, 0.2) is 0 Å². The third-order valence-corrected chi connectivity index (χ3v) is 7.03. The summed E-state index contributed by atoms with van der Waals surface area (Å²) in [5.41, 5.74) is 10.5. The Morgan fingerprint density at radius 2 is 2.15 bits per heavy atom.